The molecule has 0 aliphatic heterocycles. The molecule has 0 atom stereocenters. The predicted octanol–water partition coefficient (Wildman–Crippen LogP) is 2.92. The molecule has 0 amide bonds. The topological polar surface area (TPSA) is 26.0 Å². The minimum Gasteiger partial charge on any atom is -0.330 e. The van der Waals surface area contributed by atoms with Crippen LogP contribution in [0.25, 0.3) is 0 Å². The molecule has 0 aliphatic carbocycles. The van der Waals surface area contributed by atoms with Crippen molar-refractivity contribution in [2.75, 3.05) is 6.54 Å². The first-order valence-electron chi connectivity index (χ1n) is 5.81. The number of benzene rings is 2. The van der Waals surface area contributed by atoms with Gasteiger partial charge in [0.05, 0.1) is 0 Å². The van der Waals surface area contributed by atoms with E-state index in [2.05, 4.69) is 12.1 Å². The molecular weight excluding hydrogens is 213 g/mol. The Morgan fingerprint density at radius 1 is 0.941 bits per heavy atom. The Labute approximate surface area is 101 Å². The van der Waals surface area contributed by atoms with Crippen molar-refractivity contribution in [3.8, 4) is 0 Å². The summed E-state index contributed by atoms with van der Waals surface area (Å²) in [6.45, 7) is 0.642. The van der Waals surface area contributed by atoms with Gasteiger partial charge in [-0.3, -0.25) is 0 Å². The second kappa shape index (κ2) is 5.60. The monoisotopic (exact) mass is 229 g/mol. The SMILES string of the molecule is NCCc1cccc(Cc2ccccc2F)c1. The summed E-state index contributed by atoms with van der Waals surface area (Å²) in [7, 11) is 0. The number of hydrogen-bond donors (Lipinski definition) is 1. The van der Waals surface area contributed by atoms with Crippen molar-refractivity contribution in [2.45, 2.75) is 12.8 Å². The van der Waals surface area contributed by atoms with E-state index in [1.165, 1.54) is 11.6 Å². The van der Waals surface area contributed by atoms with Gasteiger partial charge in [-0.1, -0.05) is 42.5 Å². The van der Waals surface area contributed by atoms with Crippen LogP contribution in [0.15, 0.2) is 48.5 Å². The molecule has 1 nitrogen and oxygen atoms in total. The van der Waals surface area contributed by atoms with Crippen molar-refractivity contribution < 1.29 is 4.39 Å². The van der Waals surface area contributed by atoms with Crippen molar-refractivity contribution in [3.05, 3.63) is 71.0 Å². The van der Waals surface area contributed by atoms with Crippen LogP contribution >= 0.6 is 0 Å². The number of rotatable bonds is 4. The van der Waals surface area contributed by atoms with Gasteiger partial charge in [0.25, 0.3) is 0 Å². The van der Waals surface area contributed by atoms with E-state index in [9.17, 15) is 4.39 Å². The van der Waals surface area contributed by atoms with Gasteiger partial charge >= 0.3 is 0 Å². The first-order chi connectivity index (χ1) is 8.29. The maximum absolute atomic E-state index is 13.5. The van der Waals surface area contributed by atoms with Gasteiger partial charge in [-0.15, -0.1) is 0 Å². The van der Waals surface area contributed by atoms with E-state index in [1.54, 1.807) is 6.07 Å². The highest BCUT2D eigenvalue weighted by atomic mass is 19.1. The fraction of sp³-hybridized carbons (Fsp3) is 0.200. The fourth-order valence-electron chi connectivity index (χ4n) is 1.92. The molecule has 2 heteroatoms. The first-order valence-corrected chi connectivity index (χ1v) is 5.81. The molecule has 2 rings (SSSR count). The normalized spacial score (nSPS) is 10.5. The molecule has 2 N–H and O–H groups in total. The second-order valence-corrected chi connectivity index (χ2v) is 4.13. The molecule has 0 saturated heterocycles. The summed E-state index contributed by atoms with van der Waals surface area (Å²) >= 11 is 0. The largest absolute Gasteiger partial charge is 0.330 e. The maximum Gasteiger partial charge on any atom is 0.126 e. The van der Waals surface area contributed by atoms with Gasteiger partial charge in [0.1, 0.15) is 5.82 Å². The molecule has 0 aromatic heterocycles. The Kier molecular flexibility index (Phi) is 3.89. The third kappa shape index (κ3) is 3.14. The van der Waals surface area contributed by atoms with Crippen LogP contribution in [0.1, 0.15) is 16.7 Å². The maximum atomic E-state index is 13.5. The molecule has 2 aromatic carbocycles. The summed E-state index contributed by atoms with van der Waals surface area (Å²) < 4.78 is 13.5. The molecule has 2 aromatic rings. The lowest BCUT2D eigenvalue weighted by Gasteiger charge is -2.05. The third-order valence-corrected chi connectivity index (χ3v) is 2.78. The summed E-state index contributed by atoms with van der Waals surface area (Å²) in [4.78, 5) is 0. The lowest BCUT2D eigenvalue weighted by molar-refractivity contribution is 0.614. The highest BCUT2D eigenvalue weighted by molar-refractivity contribution is 5.30. The average Bonchev–Trinajstić information content (AvgIpc) is 2.33. The van der Waals surface area contributed by atoms with Crippen molar-refractivity contribution >= 4 is 0 Å². The Morgan fingerprint density at radius 2 is 1.71 bits per heavy atom. The molecule has 0 radical (unpaired) electrons. The van der Waals surface area contributed by atoms with E-state index in [-0.39, 0.29) is 5.82 Å². The molecule has 0 unspecified atom stereocenters. The van der Waals surface area contributed by atoms with Gasteiger partial charge in [-0.25, -0.2) is 4.39 Å². The standard InChI is InChI=1S/C15H16FN/c16-15-7-2-1-6-14(15)11-13-5-3-4-12(10-13)8-9-17/h1-7,10H,8-9,11,17H2. The fourth-order valence-corrected chi connectivity index (χ4v) is 1.92. The predicted molar refractivity (Wildman–Crippen MR) is 68.4 cm³/mol. The summed E-state index contributed by atoms with van der Waals surface area (Å²) in [5.41, 5.74) is 8.60. The first kappa shape index (κ1) is 11.8. The van der Waals surface area contributed by atoms with E-state index in [0.29, 0.717) is 13.0 Å². The summed E-state index contributed by atoms with van der Waals surface area (Å²) in [6.07, 6.45) is 1.50. The van der Waals surface area contributed by atoms with Crippen LogP contribution in [0.3, 0.4) is 0 Å². The van der Waals surface area contributed by atoms with E-state index < -0.39 is 0 Å². The van der Waals surface area contributed by atoms with Crippen LogP contribution in [0.4, 0.5) is 4.39 Å². The molecule has 0 aliphatic rings. The number of nitrogens with two attached hydrogens (primary N) is 1. The van der Waals surface area contributed by atoms with Gasteiger partial charge in [-0.2, -0.15) is 0 Å². The zero-order chi connectivity index (χ0) is 12.1. The molecule has 0 heterocycles. The molecule has 0 fully saturated rings. The Morgan fingerprint density at radius 3 is 2.47 bits per heavy atom. The molecule has 17 heavy (non-hydrogen) atoms. The lowest BCUT2D eigenvalue weighted by atomic mass is 10.0. The minimum absolute atomic E-state index is 0.142. The Balaban J connectivity index is 2.18. The third-order valence-electron chi connectivity index (χ3n) is 2.78. The number of halogens is 1. The van der Waals surface area contributed by atoms with Crippen molar-refractivity contribution in [1.29, 1.82) is 0 Å². The van der Waals surface area contributed by atoms with Crippen LogP contribution in [0.5, 0.6) is 0 Å². The molecule has 0 bridgehead atoms. The zero-order valence-electron chi connectivity index (χ0n) is 9.70. The molecule has 88 valence electrons. The van der Waals surface area contributed by atoms with Crippen LogP contribution in [0, 0.1) is 5.82 Å². The molecule has 0 spiro atoms. The Bertz CT molecular complexity index is 494. The number of hydrogen-bond acceptors (Lipinski definition) is 1. The van der Waals surface area contributed by atoms with Crippen molar-refractivity contribution in [1.82, 2.24) is 0 Å². The second-order valence-electron chi connectivity index (χ2n) is 4.13. The summed E-state index contributed by atoms with van der Waals surface area (Å²) in [6, 6.07) is 15.1. The summed E-state index contributed by atoms with van der Waals surface area (Å²) in [5.74, 6) is -0.142. The van der Waals surface area contributed by atoms with Crippen LogP contribution in [0.2, 0.25) is 0 Å². The molecule has 0 saturated carbocycles. The van der Waals surface area contributed by atoms with Crippen molar-refractivity contribution in [2.24, 2.45) is 5.73 Å². The van der Waals surface area contributed by atoms with E-state index in [1.807, 2.05) is 24.3 Å². The van der Waals surface area contributed by atoms with Crippen molar-refractivity contribution in [3.63, 3.8) is 0 Å². The smallest absolute Gasteiger partial charge is 0.126 e. The highest BCUT2D eigenvalue weighted by Crippen LogP contribution is 2.14. The van der Waals surface area contributed by atoms with Crippen LogP contribution in [-0.4, -0.2) is 6.54 Å². The quantitative estimate of drug-likeness (QED) is 0.857. The highest BCUT2D eigenvalue weighted by Gasteiger charge is 2.02. The van der Waals surface area contributed by atoms with Crippen LogP contribution < -0.4 is 5.73 Å². The summed E-state index contributed by atoms with van der Waals surface area (Å²) in [5, 5.41) is 0. The minimum atomic E-state index is -0.142. The van der Waals surface area contributed by atoms with E-state index in [4.69, 9.17) is 5.73 Å². The van der Waals surface area contributed by atoms with E-state index in [0.717, 1.165) is 17.5 Å². The van der Waals surface area contributed by atoms with Gasteiger partial charge in [0.15, 0.2) is 0 Å². The molecular formula is C15H16FN. The lowest BCUT2D eigenvalue weighted by Crippen LogP contribution is -2.03. The van der Waals surface area contributed by atoms with Gasteiger partial charge in [0.2, 0.25) is 0 Å². The van der Waals surface area contributed by atoms with Gasteiger partial charge in [0, 0.05) is 6.42 Å². The average molecular weight is 229 g/mol. The van der Waals surface area contributed by atoms with Gasteiger partial charge < -0.3 is 5.73 Å². The Hall–Kier alpha value is -1.67. The van der Waals surface area contributed by atoms with Gasteiger partial charge in [-0.05, 0) is 35.7 Å². The van der Waals surface area contributed by atoms with E-state index >= 15 is 0 Å². The van der Waals surface area contributed by atoms with Crippen LogP contribution in [-0.2, 0) is 12.8 Å². The zero-order valence-corrected chi connectivity index (χ0v) is 9.70.